The van der Waals surface area contributed by atoms with E-state index in [1.165, 1.54) is 0 Å². The number of halogens is 2. The molecular weight excluding hydrogens is 400 g/mol. The summed E-state index contributed by atoms with van der Waals surface area (Å²) in [5.41, 5.74) is 0.760. The Morgan fingerprint density at radius 2 is 2.00 bits per heavy atom. The number of carbonyl (C=O) groups excluding carboxylic acids is 2. The van der Waals surface area contributed by atoms with Crippen LogP contribution in [0.1, 0.15) is 26.2 Å². The van der Waals surface area contributed by atoms with Crippen molar-refractivity contribution in [1.29, 1.82) is 0 Å². The highest BCUT2D eigenvalue weighted by molar-refractivity contribution is 9.11. The van der Waals surface area contributed by atoms with Crippen LogP contribution in [0.25, 0.3) is 0 Å². The van der Waals surface area contributed by atoms with E-state index in [0.717, 1.165) is 27.5 Å². The van der Waals surface area contributed by atoms with Gasteiger partial charge in [-0.2, -0.15) is 0 Å². The van der Waals surface area contributed by atoms with Gasteiger partial charge in [0, 0.05) is 8.95 Å². The molecule has 0 spiro atoms. The summed E-state index contributed by atoms with van der Waals surface area (Å²) in [4.78, 5) is 26.8. The zero-order valence-corrected chi connectivity index (χ0v) is 14.8. The van der Waals surface area contributed by atoms with Crippen LogP contribution in [0.3, 0.4) is 0 Å². The molecule has 112 valence electrons. The van der Waals surface area contributed by atoms with E-state index >= 15 is 0 Å². The summed E-state index contributed by atoms with van der Waals surface area (Å²) in [7, 11) is 0. The van der Waals surface area contributed by atoms with Crippen molar-refractivity contribution in [3.05, 3.63) is 27.1 Å². The smallest absolute Gasteiger partial charge is 0.250 e. The first-order valence-corrected chi connectivity index (χ1v) is 8.70. The summed E-state index contributed by atoms with van der Waals surface area (Å²) in [6, 6.07) is 4.85. The van der Waals surface area contributed by atoms with E-state index in [0.29, 0.717) is 12.3 Å². The number of nitrogens with zero attached hydrogens (tertiary/aromatic N) is 1. The van der Waals surface area contributed by atoms with Crippen molar-refractivity contribution >= 4 is 49.4 Å². The quantitative estimate of drug-likeness (QED) is 0.823. The minimum Gasteiger partial charge on any atom is -0.342 e. The van der Waals surface area contributed by atoms with Gasteiger partial charge in [-0.05, 0) is 59.3 Å². The molecular formula is C15H16Br2N2O2. The van der Waals surface area contributed by atoms with Crippen molar-refractivity contribution in [2.24, 2.45) is 5.92 Å². The molecule has 1 aliphatic carbocycles. The number of nitrogens with one attached hydrogen (secondary N) is 1. The van der Waals surface area contributed by atoms with Crippen LogP contribution in [0, 0.1) is 5.92 Å². The van der Waals surface area contributed by atoms with Crippen LogP contribution in [-0.4, -0.2) is 23.9 Å². The molecule has 1 aliphatic heterocycles. The van der Waals surface area contributed by atoms with E-state index in [4.69, 9.17) is 0 Å². The molecule has 1 aromatic carbocycles. The summed E-state index contributed by atoms with van der Waals surface area (Å²) >= 11 is 6.92. The van der Waals surface area contributed by atoms with Crippen LogP contribution < -0.4 is 10.2 Å². The minimum absolute atomic E-state index is 0.00646. The molecule has 0 aromatic heterocycles. The Balaban J connectivity index is 2.01. The summed E-state index contributed by atoms with van der Waals surface area (Å²) < 4.78 is 1.74. The fraction of sp³-hybridized carbons (Fsp3) is 0.467. The molecule has 1 N–H and O–H groups in total. The standard InChI is InChI=1S/C15H16Br2N2O2/c1-2-11-14(20)18-13(8-3-4-8)15(21)19(11)12-6-5-9(16)7-10(12)17/h5-8,11,13H,2-4H2,1H3,(H,18,20). The zero-order valence-electron chi connectivity index (χ0n) is 11.6. The van der Waals surface area contributed by atoms with Gasteiger partial charge in [0.1, 0.15) is 12.1 Å². The number of benzene rings is 1. The van der Waals surface area contributed by atoms with Crippen molar-refractivity contribution in [2.75, 3.05) is 4.90 Å². The predicted octanol–water partition coefficient (Wildman–Crippen LogP) is 3.23. The van der Waals surface area contributed by atoms with Crippen LogP contribution in [-0.2, 0) is 9.59 Å². The Morgan fingerprint density at radius 3 is 2.57 bits per heavy atom. The van der Waals surface area contributed by atoms with Crippen LogP contribution >= 0.6 is 31.9 Å². The third-order valence-electron chi connectivity index (χ3n) is 4.06. The van der Waals surface area contributed by atoms with Gasteiger partial charge in [0.2, 0.25) is 5.91 Å². The second-order valence-corrected chi connectivity index (χ2v) is 7.32. The Labute approximate surface area is 140 Å². The summed E-state index contributed by atoms with van der Waals surface area (Å²) in [6.07, 6.45) is 2.63. The predicted molar refractivity (Wildman–Crippen MR) is 88.1 cm³/mol. The van der Waals surface area contributed by atoms with Gasteiger partial charge >= 0.3 is 0 Å². The van der Waals surface area contributed by atoms with E-state index < -0.39 is 6.04 Å². The SMILES string of the molecule is CCC1C(=O)NC(C2CC2)C(=O)N1c1ccc(Br)cc1Br. The summed E-state index contributed by atoms with van der Waals surface area (Å²) in [6.45, 7) is 1.93. The van der Waals surface area contributed by atoms with Gasteiger partial charge in [-0.15, -0.1) is 0 Å². The third-order valence-corrected chi connectivity index (χ3v) is 5.19. The molecule has 1 heterocycles. The lowest BCUT2D eigenvalue weighted by Gasteiger charge is -2.39. The average Bonchev–Trinajstić information content (AvgIpc) is 3.26. The van der Waals surface area contributed by atoms with Crippen molar-refractivity contribution < 1.29 is 9.59 Å². The Kier molecular flexibility index (Phi) is 4.10. The highest BCUT2D eigenvalue weighted by Gasteiger charge is 2.47. The van der Waals surface area contributed by atoms with Gasteiger partial charge in [-0.1, -0.05) is 22.9 Å². The van der Waals surface area contributed by atoms with E-state index in [-0.39, 0.29) is 17.9 Å². The van der Waals surface area contributed by atoms with Crippen molar-refractivity contribution in [3.63, 3.8) is 0 Å². The molecule has 3 rings (SSSR count). The maximum atomic E-state index is 12.8. The molecule has 2 atom stereocenters. The van der Waals surface area contributed by atoms with E-state index in [2.05, 4.69) is 37.2 Å². The van der Waals surface area contributed by atoms with Crippen molar-refractivity contribution in [3.8, 4) is 0 Å². The van der Waals surface area contributed by atoms with E-state index in [9.17, 15) is 9.59 Å². The Morgan fingerprint density at radius 1 is 1.29 bits per heavy atom. The third kappa shape index (κ3) is 2.75. The van der Waals surface area contributed by atoms with Crippen LogP contribution in [0.15, 0.2) is 27.1 Å². The molecule has 1 aromatic rings. The zero-order chi connectivity index (χ0) is 15.1. The van der Waals surface area contributed by atoms with Gasteiger partial charge in [0.05, 0.1) is 5.69 Å². The molecule has 2 fully saturated rings. The fourth-order valence-electron chi connectivity index (χ4n) is 2.81. The van der Waals surface area contributed by atoms with Crippen molar-refractivity contribution in [2.45, 2.75) is 38.3 Å². The Bertz CT molecular complexity index is 601. The van der Waals surface area contributed by atoms with Gasteiger partial charge in [0.15, 0.2) is 0 Å². The molecule has 0 radical (unpaired) electrons. The number of anilines is 1. The van der Waals surface area contributed by atoms with Crippen molar-refractivity contribution in [1.82, 2.24) is 5.32 Å². The Hall–Kier alpha value is -0.880. The fourth-order valence-corrected chi connectivity index (χ4v) is 4.05. The number of hydrogen-bond acceptors (Lipinski definition) is 2. The lowest BCUT2D eigenvalue weighted by molar-refractivity contribution is -0.134. The number of rotatable bonds is 3. The van der Waals surface area contributed by atoms with Gasteiger partial charge in [-0.3, -0.25) is 14.5 Å². The highest BCUT2D eigenvalue weighted by Crippen LogP contribution is 2.38. The molecule has 2 amide bonds. The van der Waals surface area contributed by atoms with E-state index in [1.54, 1.807) is 4.90 Å². The molecule has 0 bridgehead atoms. The summed E-state index contributed by atoms with van der Waals surface area (Å²) in [5.74, 6) is 0.256. The van der Waals surface area contributed by atoms with Crippen LogP contribution in [0.5, 0.6) is 0 Å². The topological polar surface area (TPSA) is 49.4 Å². The lowest BCUT2D eigenvalue weighted by atomic mass is 10.0. The average molecular weight is 416 g/mol. The number of piperazine rings is 1. The summed E-state index contributed by atoms with van der Waals surface area (Å²) in [5, 5.41) is 2.90. The largest absolute Gasteiger partial charge is 0.342 e. The molecule has 1 saturated heterocycles. The molecule has 2 aliphatic rings. The van der Waals surface area contributed by atoms with Gasteiger partial charge in [-0.25, -0.2) is 0 Å². The minimum atomic E-state index is -0.440. The number of hydrogen-bond donors (Lipinski definition) is 1. The molecule has 4 nitrogen and oxygen atoms in total. The van der Waals surface area contributed by atoms with Crippen LogP contribution in [0.4, 0.5) is 5.69 Å². The number of carbonyl (C=O) groups is 2. The van der Waals surface area contributed by atoms with Gasteiger partial charge in [0.25, 0.3) is 5.91 Å². The molecule has 2 unspecified atom stereocenters. The first-order valence-electron chi connectivity index (χ1n) is 7.11. The maximum absolute atomic E-state index is 12.8. The normalized spacial score (nSPS) is 26.0. The van der Waals surface area contributed by atoms with Gasteiger partial charge < -0.3 is 5.32 Å². The first-order chi connectivity index (χ1) is 10.0. The molecule has 1 saturated carbocycles. The maximum Gasteiger partial charge on any atom is 0.250 e. The van der Waals surface area contributed by atoms with Crippen LogP contribution in [0.2, 0.25) is 0 Å². The molecule has 21 heavy (non-hydrogen) atoms. The number of amides is 2. The first kappa shape index (κ1) is 15.0. The monoisotopic (exact) mass is 414 g/mol. The second-order valence-electron chi connectivity index (χ2n) is 5.55. The lowest BCUT2D eigenvalue weighted by Crippen LogP contribution is -2.64. The second kappa shape index (κ2) is 5.72. The highest BCUT2D eigenvalue weighted by atomic mass is 79.9. The van der Waals surface area contributed by atoms with E-state index in [1.807, 2.05) is 25.1 Å². The molecule has 6 heteroatoms.